The highest BCUT2D eigenvalue weighted by Gasteiger charge is 2.07. The molecule has 3 aromatic rings. The van der Waals surface area contributed by atoms with Crippen molar-refractivity contribution in [1.29, 1.82) is 0 Å². The maximum atomic E-state index is 5.91. The van der Waals surface area contributed by atoms with Crippen LogP contribution in [0.2, 0.25) is 0 Å². The van der Waals surface area contributed by atoms with Crippen LogP contribution in [-0.4, -0.2) is 9.36 Å². The molecule has 3 N–H and O–H groups in total. The van der Waals surface area contributed by atoms with E-state index in [1.54, 1.807) is 0 Å². The Kier molecular flexibility index (Phi) is 2.19. The molecule has 0 radical (unpaired) electrons. The molecule has 0 aliphatic carbocycles. The van der Waals surface area contributed by atoms with E-state index < -0.39 is 0 Å². The van der Waals surface area contributed by atoms with Crippen LogP contribution in [0, 0.1) is 13.8 Å². The SMILES string of the molecule is Cc1cc(-c2cc3cc(C)c(N)cc3[nH]2)sn1. The minimum atomic E-state index is 0.825. The maximum Gasteiger partial charge on any atom is 0.0715 e. The van der Waals surface area contributed by atoms with E-state index >= 15 is 0 Å². The molecule has 4 heteroatoms. The van der Waals surface area contributed by atoms with Crippen molar-refractivity contribution in [1.82, 2.24) is 9.36 Å². The summed E-state index contributed by atoms with van der Waals surface area (Å²) in [6.45, 7) is 4.03. The molecule has 0 spiro atoms. The lowest BCUT2D eigenvalue weighted by molar-refractivity contribution is 1.34. The van der Waals surface area contributed by atoms with Crippen LogP contribution in [0.25, 0.3) is 21.5 Å². The topological polar surface area (TPSA) is 54.7 Å². The summed E-state index contributed by atoms with van der Waals surface area (Å²) in [6.07, 6.45) is 0. The Labute approximate surface area is 103 Å². The van der Waals surface area contributed by atoms with E-state index in [-0.39, 0.29) is 0 Å². The molecule has 0 aliphatic heterocycles. The number of nitrogens with one attached hydrogen (secondary N) is 1. The van der Waals surface area contributed by atoms with Crippen molar-refractivity contribution in [3.05, 3.63) is 35.5 Å². The number of benzene rings is 1. The van der Waals surface area contributed by atoms with E-state index in [9.17, 15) is 0 Å². The summed E-state index contributed by atoms with van der Waals surface area (Å²) in [5.74, 6) is 0. The van der Waals surface area contributed by atoms with Crippen molar-refractivity contribution in [3.63, 3.8) is 0 Å². The van der Waals surface area contributed by atoms with Crippen molar-refractivity contribution < 1.29 is 0 Å². The second-order valence-electron chi connectivity index (χ2n) is 4.31. The molecule has 0 saturated heterocycles. The third-order valence-corrected chi connectivity index (χ3v) is 3.81. The molecule has 17 heavy (non-hydrogen) atoms. The molecule has 1 aromatic carbocycles. The third kappa shape index (κ3) is 1.70. The normalized spacial score (nSPS) is 11.2. The number of hydrogen-bond acceptors (Lipinski definition) is 3. The number of fused-ring (bicyclic) bond motifs is 1. The number of anilines is 1. The highest BCUT2D eigenvalue weighted by molar-refractivity contribution is 7.09. The van der Waals surface area contributed by atoms with E-state index in [1.165, 1.54) is 16.9 Å². The van der Waals surface area contributed by atoms with Gasteiger partial charge in [0.2, 0.25) is 0 Å². The molecule has 0 saturated carbocycles. The van der Waals surface area contributed by atoms with Gasteiger partial charge in [-0.1, -0.05) is 0 Å². The van der Waals surface area contributed by atoms with E-state index in [0.29, 0.717) is 0 Å². The second-order valence-corrected chi connectivity index (χ2v) is 5.12. The van der Waals surface area contributed by atoms with Gasteiger partial charge in [-0.15, -0.1) is 0 Å². The van der Waals surface area contributed by atoms with Crippen LogP contribution in [0.1, 0.15) is 11.3 Å². The van der Waals surface area contributed by atoms with E-state index in [0.717, 1.165) is 33.0 Å². The fraction of sp³-hybridized carbons (Fsp3) is 0.154. The molecule has 3 rings (SSSR count). The lowest BCUT2D eigenvalue weighted by Gasteiger charge is -1.98. The number of aryl methyl sites for hydroxylation is 2. The highest BCUT2D eigenvalue weighted by atomic mass is 32.1. The third-order valence-electron chi connectivity index (χ3n) is 2.90. The molecule has 2 heterocycles. The molecule has 0 fully saturated rings. The average molecular weight is 243 g/mol. The summed E-state index contributed by atoms with van der Waals surface area (Å²) < 4.78 is 4.30. The average Bonchev–Trinajstić information content (AvgIpc) is 2.85. The number of nitrogen functional groups attached to an aromatic ring is 1. The van der Waals surface area contributed by atoms with Crippen LogP contribution < -0.4 is 5.73 Å². The molecular weight excluding hydrogens is 230 g/mol. The standard InChI is InChI=1S/C13H13N3S/c1-7-3-9-5-12(13-4-8(2)16-17-13)15-11(9)6-10(7)14/h3-6,15H,14H2,1-2H3. The van der Waals surface area contributed by atoms with Crippen molar-refractivity contribution in [2.75, 3.05) is 5.73 Å². The van der Waals surface area contributed by atoms with E-state index in [2.05, 4.69) is 27.6 Å². The molecular formula is C13H13N3S. The lowest BCUT2D eigenvalue weighted by Crippen LogP contribution is -1.88. The Balaban J connectivity index is 2.19. The predicted molar refractivity (Wildman–Crippen MR) is 73.3 cm³/mol. The molecule has 3 nitrogen and oxygen atoms in total. The zero-order valence-electron chi connectivity index (χ0n) is 9.74. The summed E-state index contributed by atoms with van der Waals surface area (Å²) in [6, 6.07) is 8.33. The van der Waals surface area contributed by atoms with Crippen LogP contribution in [0.3, 0.4) is 0 Å². The van der Waals surface area contributed by atoms with Gasteiger partial charge in [-0.05, 0) is 55.2 Å². The lowest BCUT2D eigenvalue weighted by atomic mass is 10.1. The van der Waals surface area contributed by atoms with Gasteiger partial charge < -0.3 is 10.7 Å². The van der Waals surface area contributed by atoms with E-state index in [4.69, 9.17) is 5.73 Å². The molecule has 0 aliphatic rings. The molecule has 0 amide bonds. The zero-order valence-corrected chi connectivity index (χ0v) is 10.6. The summed E-state index contributed by atoms with van der Waals surface area (Å²) in [5.41, 5.74) is 11.1. The number of aromatic nitrogens is 2. The van der Waals surface area contributed by atoms with Crippen molar-refractivity contribution in [2.24, 2.45) is 0 Å². The first-order valence-corrected chi connectivity index (χ1v) is 6.23. The molecule has 0 unspecified atom stereocenters. The number of hydrogen-bond donors (Lipinski definition) is 2. The smallest absolute Gasteiger partial charge is 0.0715 e. The Morgan fingerprint density at radius 3 is 2.71 bits per heavy atom. The number of rotatable bonds is 1. The van der Waals surface area contributed by atoms with Crippen molar-refractivity contribution in [2.45, 2.75) is 13.8 Å². The van der Waals surface area contributed by atoms with Gasteiger partial charge >= 0.3 is 0 Å². The minimum absolute atomic E-state index is 0.825. The number of nitrogens with zero attached hydrogens (tertiary/aromatic N) is 1. The summed E-state index contributed by atoms with van der Waals surface area (Å²) in [4.78, 5) is 4.55. The Bertz CT molecular complexity index is 655. The van der Waals surface area contributed by atoms with Crippen molar-refractivity contribution in [3.8, 4) is 10.6 Å². The van der Waals surface area contributed by atoms with Gasteiger partial charge in [-0.3, -0.25) is 0 Å². The zero-order chi connectivity index (χ0) is 12.0. The highest BCUT2D eigenvalue weighted by Crippen LogP contribution is 2.29. The minimum Gasteiger partial charge on any atom is -0.398 e. The van der Waals surface area contributed by atoms with Gasteiger partial charge in [0.15, 0.2) is 0 Å². The molecule has 86 valence electrons. The van der Waals surface area contributed by atoms with Crippen LogP contribution >= 0.6 is 11.5 Å². The quantitative estimate of drug-likeness (QED) is 0.643. The van der Waals surface area contributed by atoms with Crippen LogP contribution in [0.15, 0.2) is 24.3 Å². The first-order valence-electron chi connectivity index (χ1n) is 5.46. The molecule has 2 aromatic heterocycles. The Morgan fingerprint density at radius 1 is 1.18 bits per heavy atom. The van der Waals surface area contributed by atoms with Gasteiger partial charge in [-0.2, -0.15) is 4.37 Å². The van der Waals surface area contributed by atoms with Gasteiger partial charge in [0.25, 0.3) is 0 Å². The number of nitrogens with two attached hydrogens (primary N) is 1. The second kappa shape index (κ2) is 3.60. The van der Waals surface area contributed by atoms with E-state index in [1.807, 2.05) is 19.9 Å². The summed E-state index contributed by atoms with van der Waals surface area (Å²) in [7, 11) is 0. The number of aromatic amines is 1. The van der Waals surface area contributed by atoms with Gasteiger partial charge in [0.05, 0.1) is 16.3 Å². The van der Waals surface area contributed by atoms with Crippen LogP contribution in [-0.2, 0) is 0 Å². The van der Waals surface area contributed by atoms with Crippen molar-refractivity contribution >= 4 is 28.1 Å². The predicted octanol–water partition coefficient (Wildman–Crippen LogP) is 3.49. The Morgan fingerprint density at radius 2 is 2.00 bits per heavy atom. The first-order chi connectivity index (χ1) is 8.13. The van der Waals surface area contributed by atoms with Gasteiger partial charge in [0, 0.05) is 16.6 Å². The van der Waals surface area contributed by atoms with Gasteiger partial charge in [-0.25, -0.2) is 0 Å². The first kappa shape index (κ1) is 10.4. The molecule has 0 bridgehead atoms. The molecule has 0 atom stereocenters. The summed E-state index contributed by atoms with van der Waals surface area (Å²) in [5, 5.41) is 1.19. The Hall–Kier alpha value is -1.81. The fourth-order valence-corrected chi connectivity index (χ4v) is 2.66. The maximum absolute atomic E-state index is 5.91. The van der Waals surface area contributed by atoms with Gasteiger partial charge in [0.1, 0.15) is 0 Å². The summed E-state index contributed by atoms with van der Waals surface area (Å²) >= 11 is 1.51. The van der Waals surface area contributed by atoms with Crippen LogP contribution in [0.5, 0.6) is 0 Å². The number of H-pyrrole nitrogens is 1. The van der Waals surface area contributed by atoms with Crippen LogP contribution in [0.4, 0.5) is 5.69 Å². The fourth-order valence-electron chi connectivity index (χ4n) is 1.93. The monoisotopic (exact) mass is 243 g/mol. The largest absolute Gasteiger partial charge is 0.398 e.